The molecule has 1 atom stereocenters. The van der Waals surface area contributed by atoms with E-state index in [1.807, 2.05) is 6.92 Å². The minimum absolute atomic E-state index is 0.0404. The standard InChI is InChI=1S/C18H23N3O2S/c1-13(22)19-8-9-20-17(23)18(2)7-10-21(18)11-14-12-24-16-6-4-3-5-15(14)16/h3-6,12H,7-11H2,1-2H3,(H,19,22)(H,20,23). The number of thiophene rings is 1. The molecular formula is C18H23N3O2S. The summed E-state index contributed by atoms with van der Waals surface area (Å²) in [7, 11) is 0. The maximum Gasteiger partial charge on any atom is 0.240 e. The van der Waals surface area contributed by atoms with Crippen molar-refractivity contribution < 1.29 is 9.59 Å². The van der Waals surface area contributed by atoms with Gasteiger partial charge in [-0.25, -0.2) is 0 Å². The largest absolute Gasteiger partial charge is 0.355 e. The minimum Gasteiger partial charge on any atom is -0.355 e. The second-order valence-electron chi connectivity index (χ2n) is 6.44. The van der Waals surface area contributed by atoms with Crippen molar-refractivity contribution in [3.8, 4) is 0 Å². The van der Waals surface area contributed by atoms with Crippen molar-refractivity contribution in [1.82, 2.24) is 15.5 Å². The summed E-state index contributed by atoms with van der Waals surface area (Å²) >= 11 is 1.75. The molecule has 1 fully saturated rings. The summed E-state index contributed by atoms with van der Waals surface area (Å²) in [6, 6.07) is 8.39. The molecule has 1 unspecified atom stereocenters. The van der Waals surface area contributed by atoms with Crippen molar-refractivity contribution in [2.45, 2.75) is 32.4 Å². The third-order valence-electron chi connectivity index (χ3n) is 4.76. The fraction of sp³-hybridized carbons (Fsp3) is 0.444. The number of benzene rings is 1. The van der Waals surface area contributed by atoms with Gasteiger partial charge in [-0.2, -0.15) is 0 Å². The number of rotatable bonds is 6. The Bertz CT molecular complexity index is 758. The fourth-order valence-corrected chi connectivity index (χ4v) is 4.04. The first-order valence-corrected chi connectivity index (χ1v) is 9.11. The SMILES string of the molecule is CC(=O)NCCNC(=O)C1(C)CCN1Cc1csc2ccccc12. The van der Waals surface area contributed by atoms with Crippen molar-refractivity contribution in [2.75, 3.05) is 19.6 Å². The Labute approximate surface area is 146 Å². The summed E-state index contributed by atoms with van der Waals surface area (Å²) in [5.74, 6) is -0.0382. The highest BCUT2D eigenvalue weighted by Gasteiger charge is 2.46. The number of carbonyl (C=O) groups is 2. The van der Waals surface area contributed by atoms with Gasteiger partial charge < -0.3 is 10.6 Å². The van der Waals surface area contributed by atoms with Gasteiger partial charge >= 0.3 is 0 Å². The third kappa shape index (κ3) is 3.30. The van der Waals surface area contributed by atoms with Crippen LogP contribution in [0.4, 0.5) is 0 Å². The Hall–Kier alpha value is -1.92. The molecule has 24 heavy (non-hydrogen) atoms. The summed E-state index contributed by atoms with van der Waals surface area (Å²) in [6.07, 6.45) is 0.862. The van der Waals surface area contributed by atoms with Crippen LogP contribution in [0.15, 0.2) is 29.6 Å². The second-order valence-corrected chi connectivity index (χ2v) is 7.35. The van der Waals surface area contributed by atoms with Crippen molar-refractivity contribution >= 4 is 33.2 Å². The van der Waals surface area contributed by atoms with E-state index in [0.29, 0.717) is 13.1 Å². The van der Waals surface area contributed by atoms with E-state index >= 15 is 0 Å². The van der Waals surface area contributed by atoms with Crippen LogP contribution in [-0.2, 0) is 16.1 Å². The minimum atomic E-state index is -0.459. The molecule has 2 amide bonds. The average Bonchev–Trinajstić information content (AvgIpc) is 2.97. The molecule has 2 N–H and O–H groups in total. The molecule has 0 spiro atoms. The van der Waals surface area contributed by atoms with Gasteiger partial charge in [-0.1, -0.05) is 18.2 Å². The number of carbonyl (C=O) groups excluding carboxylic acids is 2. The van der Waals surface area contributed by atoms with Crippen molar-refractivity contribution in [1.29, 1.82) is 0 Å². The molecule has 1 aromatic carbocycles. The maximum atomic E-state index is 12.5. The summed E-state index contributed by atoms with van der Waals surface area (Å²) < 4.78 is 1.29. The average molecular weight is 345 g/mol. The zero-order valence-electron chi connectivity index (χ0n) is 14.1. The monoisotopic (exact) mass is 345 g/mol. The Morgan fingerprint density at radius 2 is 2.00 bits per heavy atom. The van der Waals surface area contributed by atoms with Crippen LogP contribution < -0.4 is 10.6 Å². The maximum absolute atomic E-state index is 12.5. The summed E-state index contributed by atoms with van der Waals surface area (Å²) in [4.78, 5) is 25.6. The first-order valence-electron chi connectivity index (χ1n) is 8.23. The number of nitrogens with one attached hydrogen (secondary N) is 2. The predicted octanol–water partition coefficient (Wildman–Crippen LogP) is 2.12. The molecule has 1 saturated heterocycles. The Morgan fingerprint density at radius 3 is 2.71 bits per heavy atom. The van der Waals surface area contributed by atoms with Crippen LogP contribution >= 0.6 is 11.3 Å². The molecule has 2 heterocycles. The number of nitrogens with zero attached hydrogens (tertiary/aromatic N) is 1. The molecule has 3 rings (SSSR count). The topological polar surface area (TPSA) is 61.4 Å². The highest BCUT2D eigenvalue weighted by Crippen LogP contribution is 2.35. The van der Waals surface area contributed by atoms with E-state index < -0.39 is 5.54 Å². The predicted molar refractivity (Wildman–Crippen MR) is 97.0 cm³/mol. The smallest absolute Gasteiger partial charge is 0.240 e. The number of hydrogen-bond donors (Lipinski definition) is 2. The fourth-order valence-electron chi connectivity index (χ4n) is 3.08. The summed E-state index contributed by atoms with van der Waals surface area (Å²) in [6.45, 7) is 6.12. The molecule has 1 aromatic heterocycles. The van der Waals surface area contributed by atoms with Crippen LogP contribution in [0.3, 0.4) is 0 Å². The van der Waals surface area contributed by atoms with E-state index in [-0.39, 0.29) is 11.8 Å². The molecule has 6 heteroatoms. The van der Waals surface area contributed by atoms with Crippen LogP contribution in [0, 0.1) is 0 Å². The van der Waals surface area contributed by atoms with E-state index in [1.54, 1.807) is 11.3 Å². The van der Waals surface area contributed by atoms with Crippen molar-refractivity contribution in [3.63, 3.8) is 0 Å². The lowest BCUT2D eigenvalue weighted by molar-refractivity contribution is -0.141. The number of amides is 2. The number of likely N-dealkylation sites (tertiary alicyclic amines) is 1. The van der Waals surface area contributed by atoms with Crippen LogP contribution in [0.5, 0.6) is 0 Å². The number of fused-ring (bicyclic) bond motifs is 1. The van der Waals surface area contributed by atoms with Gasteiger partial charge in [0.15, 0.2) is 0 Å². The highest BCUT2D eigenvalue weighted by atomic mass is 32.1. The molecule has 1 aliphatic rings. The van der Waals surface area contributed by atoms with Crippen LogP contribution in [-0.4, -0.2) is 41.9 Å². The lowest BCUT2D eigenvalue weighted by atomic mass is 9.85. The first-order chi connectivity index (χ1) is 11.5. The zero-order chi connectivity index (χ0) is 17.2. The zero-order valence-corrected chi connectivity index (χ0v) is 14.9. The normalized spacial score (nSPS) is 20.6. The van der Waals surface area contributed by atoms with Gasteiger partial charge in [0.05, 0.1) is 5.54 Å². The lowest BCUT2D eigenvalue weighted by Crippen LogP contribution is -2.65. The van der Waals surface area contributed by atoms with Crippen LogP contribution in [0.25, 0.3) is 10.1 Å². The molecule has 0 bridgehead atoms. The molecule has 5 nitrogen and oxygen atoms in total. The van der Waals surface area contributed by atoms with Gasteiger partial charge in [0.25, 0.3) is 0 Å². The second kappa shape index (κ2) is 6.91. The van der Waals surface area contributed by atoms with Gasteiger partial charge in [0.1, 0.15) is 0 Å². The van der Waals surface area contributed by atoms with E-state index in [1.165, 1.54) is 22.6 Å². The van der Waals surface area contributed by atoms with E-state index in [9.17, 15) is 9.59 Å². The quantitative estimate of drug-likeness (QED) is 0.789. The molecule has 1 aliphatic heterocycles. The van der Waals surface area contributed by atoms with Crippen LogP contribution in [0.2, 0.25) is 0 Å². The molecule has 0 aliphatic carbocycles. The van der Waals surface area contributed by atoms with Gasteiger partial charge in [0.2, 0.25) is 11.8 Å². The Morgan fingerprint density at radius 1 is 1.25 bits per heavy atom. The molecule has 0 radical (unpaired) electrons. The van der Waals surface area contributed by atoms with Crippen molar-refractivity contribution in [2.24, 2.45) is 0 Å². The summed E-state index contributed by atoms with van der Waals surface area (Å²) in [5.41, 5.74) is 0.826. The molecule has 2 aromatic rings. The number of hydrogen-bond acceptors (Lipinski definition) is 4. The Balaban J connectivity index is 1.60. The van der Waals surface area contributed by atoms with E-state index in [0.717, 1.165) is 19.5 Å². The van der Waals surface area contributed by atoms with Gasteiger partial charge in [-0.05, 0) is 35.7 Å². The molecular weight excluding hydrogens is 322 g/mol. The molecule has 0 saturated carbocycles. The van der Waals surface area contributed by atoms with Gasteiger partial charge in [-0.3, -0.25) is 14.5 Å². The van der Waals surface area contributed by atoms with Crippen molar-refractivity contribution in [3.05, 3.63) is 35.2 Å². The lowest BCUT2D eigenvalue weighted by Gasteiger charge is -2.49. The highest BCUT2D eigenvalue weighted by molar-refractivity contribution is 7.17. The van der Waals surface area contributed by atoms with E-state index in [4.69, 9.17) is 0 Å². The van der Waals surface area contributed by atoms with Gasteiger partial charge in [-0.15, -0.1) is 11.3 Å². The van der Waals surface area contributed by atoms with Gasteiger partial charge in [0, 0.05) is 37.8 Å². The molecule has 128 valence electrons. The van der Waals surface area contributed by atoms with Crippen LogP contribution in [0.1, 0.15) is 25.8 Å². The third-order valence-corrected chi connectivity index (χ3v) is 5.77. The summed E-state index contributed by atoms with van der Waals surface area (Å²) in [5, 5.41) is 9.10. The van der Waals surface area contributed by atoms with E-state index in [2.05, 4.69) is 45.2 Å². The first kappa shape index (κ1) is 16.9. The Kier molecular flexibility index (Phi) is 4.87.